The second kappa shape index (κ2) is 4.74. The molecule has 3 unspecified atom stereocenters. The molecule has 2 fully saturated rings. The fourth-order valence-corrected chi connectivity index (χ4v) is 5.25. The van der Waals surface area contributed by atoms with Crippen molar-refractivity contribution < 1.29 is 4.74 Å². The van der Waals surface area contributed by atoms with E-state index in [0.717, 1.165) is 21.2 Å². The Balaban J connectivity index is 1.86. The van der Waals surface area contributed by atoms with E-state index in [1.54, 1.807) is 0 Å². The molecule has 0 radical (unpaired) electrons. The molecule has 0 spiro atoms. The number of fused-ring (bicyclic) bond motifs is 1. The van der Waals surface area contributed by atoms with Crippen molar-refractivity contribution in [1.82, 2.24) is 0 Å². The number of hydrogen-bond acceptors (Lipinski definition) is 2. The topological polar surface area (TPSA) is 21.3 Å². The van der Waals surface area contributed by atoms with Crippen LogP contribution in [0.15, 0.2) is 21.1 Å². The largest absolute Gasteiger partial charge is 0.379 e. The van der Waals surface area contributed by atoms with Crippen LogP contribution in [0.4, 0.5) is 5.69 Å². The van der Waals surface area contributed by atoms with Crippen LogP contribution in [0.1, 0.15) is 25.8 Å². The molecule has 1 aliphatic heterocycles. The van der Waals surface area contributed by atoms with Gasteiger partial charge in [-0.1, -0.05) is 13.8 Å². The molecule has 0 bridgehead atoms. The molecule has 19 heavy (non-hydrogen) atoms. The molecule has 1 aromatic carbocycles. The van der Waals surface area contributed by atoms with E-state index in [2.05, 4.69) is 70.1 Å². The highest BCUT2D eigenvalue weighted by molar-refractivity contribution is 9.11. The minimum atomic E-state index is 0.199. The van der Waals surface area contributed by atoms with E-state index in [4.69, 9.17) is 4.74 Å². The Bertz CT molecular complexity index is 492. The van der Waals surface area contributed by atoms with Crippen LogP contribution >= 0.6 is 31.9 Å². The van der Waals surface area contributed by atoms with Gasteiger partial charge in [0.15, 0.2) is 0 Å². The van der Waals surface area contributed by atoms with Crippen LogP contribution in [0, 0.1) is 18.3 Å². The molecule has 0 aromatic heterocycles. The van der Waals surface area contributed by atoms with Crippen LogP contribution in [0.5, 0.6) is 0 Å². The summed E-state index contributed by atoms with van der Waals surface area (Å²) < 4.78 is 8.10. The molecule has 1 N–H and O–H groups in total. The van der Waals surface area contributed by atoms with E-state index in [0.29, 0.717) is 18.1 Å². The first-order valence-corrected chi connectivity index (χ1v) is 8.33. The Morgan fingerprint density at radius 2 is 1.89 bits per heavy atom. The lowest BCUT2D eigenvalue weighted by atomic mass is 9.57. The Hall–Kier alpha value is -0.0600. The summed E-state index contributed by atoms with van der Waals surface area (Å²) in [5.41, 5.74) is 2.61. The molecule has 2 nitrogen and oxygen atoms in total. The van der Waals surface area contributed by atoms with Crippen LogP contribution in [0.25, 0.3) is 0 Å². The fourth-order valence-electron chi connectivity index (χ4n) is 3.61. The van der Waals surface area contributed by atoms with E-state index in [9.17, 15) is 0 Å². The summed E-state index contributed by atoms with van der Waals surface area (Å²) in [5, 5.41) is 3.73. The van der Waals surface area contributed by atoms with Gasteiger partial charge in [0.2, 0.25) is 0 Å². The second-order valence-electron chi connectivity index (χ2n) is 6.29. The van der Waals surface area contributed by atoms with Gasteiger partial charge < -0.3 is 10.1 Å². The van der Waals surface area contributed by atoms with Crippen molar-refractivity contribution in [1.29, 1.82) is 0 Å². The number of nitrogens with one attached hydrogen (secondary N) is 1. The molecule has 1 aromatic rings. The van der Waals surface area contributed by atoms with Gasteiger partial charge in [0.1, 0.15) is 0 Å². The monoisotopic (exact) mass is 387 g/mol. The number of aryl methyl sites for hydroxylation is 1. The van der Waals surface area contributed by atoms with Crippen LogP contribution < -0.4 is 5.32 Å². The normalized spacial score (nSPS) is 31.7. The number of rotatable bonds is 2. The number of halogens is 2. The van der Waals surface area contributed by atoms with E-state index in [-0.39, 0.29) is 5.41 Å². The molecule has 3 atom stereocenters. The first kappa shape index (κ1) is 13.9. The first-order chi connectivity index (χ1) is 8.91. The Morgan fingerprint density at radius 3 is 2.53 bits per heavy atom. The number of hydrogen-bond donors (Lipinski definition) is 1. The molecular formula is C15H19Br2NO. The Kier molecular flexibility index (Phi) is 3.47. The van der Waals surface area contributed by atoms with Crippen molar-refractivity contribution in [2.24, 2.45) is 11.3 Å². The van der Waals surface area contributed by atoms with Crippen molar-refractivity contribution in [2.45, 2.75) is 39.3 Å². The zero-order valence-corrected chi connectivity index (χ0v) is 14.6. The summed E-state index contributed by atoms with van der Waals surface area (Å²) in [5.74, 6) is 0.648. The molecule has 4 heteroatoms. The second-order valence-corrected chi connectivity index (χ2v) is 8.00. The third-order valence-corrected chi connectivity index (χ3v) is 5.84. The highest BCUT2D eigenvalue weighted by Crippen LogP contribution is 2.54. The summed E-state index contributed by atoms with van der Waals surface area (Å²) >= 11 is 7.33. The van der Waals surface area contributed by atoms with E-state index in [1.165, 1.54) is 12.0 Å². The number of ether oxygens (including phenoxy) is 1. The van der Waals surface area contributed by atoms with Crippen molar-refractivity contribution in [3.63, 3.8) is 0 Å². The van der Waals surface area contributed by atoms with Crippen LogP contribution in [0.2, 0.25) is 0 Å². The minimum absolute atomic E-state index is 0.199. The molecular weight excluding hydrogens is 370 g/mol. The van der Waals surface area contributed by atoms with E-state index >= 15 is 0 Å². The maximum atomic E-state index is 5.85. The van der Waals surface area contributed by atoms with Gasteiger partial charge in [0, 0.05) is 32.9 Å². The Morgan fingerprint density at radius 1 is 1.26 bits per heavy atom. The van der Waals surface area contributed by atoms with Gasteiger partial charge in [-0.05, 0) is 62.9 Å². The van der Waals surface area contributed by atoms with Gasteiger partial charge in [-0.25, -0.2) is 0 Å². The summed E-state index contributed by atoms with van der Waals surface area (Å²) in [4.78, 5) is 0. The van der Waals surface area contributed by atoms with Crippen molar-refractivity contribution in [3.05, 3.63) is 26.6 Å². The number of benzene rings is 1. The highest BCUT2D eigenvalue weighted by atomic mass is 79.9. The van der Waals surface area contributed by atoms with Crippen LogP contribution in [0.3, 0.4) is 0 Å². The summed E-state index contributed by atoms with van der Waals surface area (Å²) in [6.07, 6.45) is 1.60. The predicted octanol–water partition coefficient (Wildman–Crippen LogP) is 4.75. The molecule has 104 valence electrons. The average molecular weight is 389 g/mol. The molecule has 2 aliphatic rings. The third kappa shape index (κ3) is 2.16. The molecule has 0 amide bonds. The molecule has 3 rings (SSSR count). The van der Waals surface area contributed by atoms with Crippen molar-refractivity contribution >= 4 is 37.5 Å². The SMILES string of the molecule is Cc1cc(Br)c(NC2C3CCOC3C2(C)C)c(Br)c1. The quantitative estimate of drug-likeness (QED) is 0.789. The van der Waals surface area contributed by atoms with E-state index < -0.39 is 0 Å². The standard InChI is InChI=1S/C15H19Br2NO/c1-8-6-10(16)12(11(17)7-8)18-13-9-4-5-19-14(9)15(13,2)3/h6-7,9,13-14,18H,4-5H2,1-3H3. The van der Waals surface area contributed by atoms with Gasteiger partial charge in [-0.15, -0.1) is 0 Å². The Labute approximate surface area is 131 Å². The minimum Gasteiger partial charge on any atom is -0.379 e. The molecule has 1 aliphatic carbocycles. The van der Waals surface area contributed by atoms with Crippen LogP contribution in [-0.4, -0.2) is 18.8 Å². The average Bonchev–Trinajstić information content (AvgIpc) is 2.74. The maximum absolute atomic E-state index is 5.85. The van der Waals surface area contributed by atoms with Gasteiger partial charge >= 0.3 is 0 Å². The van der Waals surface area contributed by atoms with E-state index in [1.807, 2.05) is 0 Å². The fraction of sp³-hybridized carbons (Fsp3) is 0.600. The smallest absolute Gasteiger partial charge is 0.0694 e. The first-order valence-electron chi connectivity index (χ1n) is 6.75. The van der Waals surface area contributed by atoms with Gasteiger partial charge in [0.05, 0.1) is 11.8 Å². The zero-order chi connectivity index (χ0) is 13.8. The van der Waals surface area contributed by atoms with Crippen LogP contribution in [-0.2, 0) is 4.74 Å². The highest BCUT2D eigenvalue weighted by Gasteiger charge is 2.59. The molecule has 1 saturated carbocycles. The summed E-state index contributed by atoms with van der Waals surface area (Å²) in [6.45, 7) is 7.61. The van der Waals surface area contributed by atoms with Crippen molar-refractivity contribution in [2.75, 3.05) is 11.9 Å². The number of anilines is 1. The zero-order valence-electron chi connectivity index (χ0n) is 11.5. The predicted molar refractivity (Wildman–Crippen MR) is 85.6 cm³/mol. The third-order valence-electron chi connectivity index (χ3n) is 4.59. The lowest BCUT2D eigenvalue weighted by molar-refractivity contribution is -0.0923. The summed E-state index contributed by atoms with van der Waals surface area (Å²) in [6, 6.07) is 4.79. The lowest BCUT2D eigenvalue weighted by Crippen LogP contribution is -2.63. The molecule has 1 heterocycles. The van der Waals surface area contributed by atoms with Gasteiger partial charge in [0.25, 0.3) is 0 Å². The molecule has 1 saturated heterocycles. The summed E-state index contributed by atoms with van der Waals surface area (Å²) in [7, 11) is 0. The van der Waals surface area contributed by atoms with Crippen molar-refractivity contribution in [3.8, 4) is 0 Å². The lowest BCUT2D eigenvalue weighted by Gasteiger charge is -2.55. The van der Waals surface area contributed by atoms with Gasteiger partial charge in [-0.2, -0.15) is 0 Å². The van der Waals surface area contributed by atoms with Gasteiger partial charge in [-0.3, -0.25) is 0 Å². The maximum Gasteiger partial charge on any atom is 0.0694 e.